The van der Waals surface area contributed by atoms with Crippen molar-refractivity contribution < 1.29 is 13.2 Å². The van der Waals surface area contributed by atoms with Gasteiger partial charge in [0.25, 0.3) is 0 Å². The van der Waals surface area contributed by atoms with E-state index in [2.05, 4.69) is 4.98 Å². The quantitative estimate of drug-likeness (QED) is 0.933. The van der Waals surface area contributed by atoms with Crippen LogP contribution in [0.1, 0.15) is 24.6 Å². The van der Waals surface area contributed by atoms with Crippen molar-refractivity contribution in [1.29, 1.82) is 0 Å². The number of halogens is 3. The molecule has 0 amide bonds. The van der Waals surface area contributed by atoms with Gasteiger partial charge in [0.1, 0.15) is 17.5 Å². The van der Waals surface area contributed by atoms with Crippen molar-refractivity contribution >= 4 is 0 Å². The second kappa shape index (κ2) is 5.63. The summed E-state index contributed by atoms with van der Waals surface area (Å²) in [6.45, 7) is 1.82. The van der Waals surface area contributed by atoms with Crippen LogP contribution in [-0.2, 0) is 12.0 Å². The van der Waals surface area contributed by atoms with E-state index in [0.29, 0.717) is 12.1 Å². The van der Waals surface area contributed by atoms with E-state index >= 15 is 0 Å². The van der Waals surface area contributed by atoms with Gasteiger partial charge < -0.3 is 5.73 Å². The van der Waals surface area contributed by atoms with Crippen LogP contribution < -0.4 is 5.73 Å². The first-order valence-electron chi connectivity index (χ1n) is 6.29. The minimum absolute atomic E-state index is 0.0890. The molecule has 1 aromatic carbocycles. The summed E-state index contributed by atoms with van der Waals surface area (Å²) in [5.41, 5.74) is 5.91. The highest BCUT2D eigenvalue weighted by molar-refractivity contribution is 5.25. The lowest BCUT2D eigenvalue weighted by Crippen LogP contribution is -2.39. The Bertz CT molecular complexity index is 599. The predicted molar refractivity (Wildman–Crippen MR) is 70.4 cm³/mol. The van der Waals surface area contributed by atoms with E-state index in [9.17, 15) is 13.2 Å². The van der Waals surface area contributed by atoms with Crippen molar-refractivity contribution in [2.45, 2.75) is 25.3 Å². The highest BCUT2D eigenvalue weighted by Gasteiger charge is 2.28. The predicted octanol–water partition coefficient (Wildman–Crippen LogP) is 3.31. The first-order valence-corrected chi connectivity index (χ1v) is 6.29. The molecule has 1 unspecified atom stereocenters. The zero-order chi connectivity index (χ0) is 14.8. The van der Waals surface area contributed by atoms with E-state index in [1.54, 1.807) is 0 Å². The van der Waals surface area contributed by atoms with Crippen LogP contribution in [0.25, 0.3) is 0 Å². The third-order valence-electron chi connectivity index (χ3n) is 3.38. The Labute approximate surface area is 115 Å². The van der Waals surface area contributed by atoms with Gasteiger partial charge in [0.2, 0.25) is 0 Å². The number of rotatable bonds is 4. The summed E-state index contributed by atoms with van der Waals surface area (Å²) in [6, 6.07) is 5.96. The van der Waals surface area contributed by atoms with E-state index in [-0.39, 0.29) is 12.0 Å². The average molecular weight is 280 g/mol. The number of benzene rings is 1. The second-order valence-electron chi connectivity index (χ2n) is 4.78. The molecule has 2 nitrogen and oxygen atoms in total. The molecule has 0 bridgehead atoms. The summed E-state index contributed by atoms with van der Waals surface area (Å²) < 4.78 is 39.8. The zero-order valence-electron chi connectivity index (χ0n) is 11.0. The molecular formula is C15H15F3N2. The minimum Gasteiger partial charge on any atom is -0.320 e. The van der Waals surface area contributed by atoms with E-state index in [4.69, 9.17) is 5.73 Å². The third kappa shape index (κ3) is 2.99. The smallest absolute Gasteiger partial charge is 0.141 e. The fraction of sp³-hybridized carbons (Fsp3) is 0.267. The maximum atomic E-state index is 13.7. The lowest BCUT2D eigenvalue weighted by atomic mass is 9.85. The standard InChI is InChI=1S/C15H15F3N2/c1-2-15(19,14-6-4-12(17)9-20-14)8-10-7-11(16)3-5-13(10)18/h3-7,9H,2,8,19H2,1H3. The van der Waals surface area contributed by atoms with Crippen LogP contribution in [0.15, 0.2) is 36.5 Å². The maximum absolute atomic E-state index is 13.7. The Balaban J connectivity index is 2.36. The average Bonchev–Trinajstić information content (AvgIpc) is 2.43. The molecule has 0 aliphatic rings. The molecule has 0 saturated carbocycles. The molecule has 1 heterocycles. The van der Waals surface area contributed by atoms with Gasteiger partial charge in [-0.15, -0.1) is 0 Å². The second-order valence-corrected chi connectivity index (χ2v) is 4.78. The van der Waals surface area contributed by atoms with Crippen LogP contribution in [0.3, 0.4) is 0 Å². The lowest BCUT2D eigenvalue weighted by molar-refractivity contribution is 0.401. The number of nitrogens with two attached hydrogens (primary N) is 1. The van der Waals surface area contributed by atoms with Crippen LogP contribution in [-0.4, -0.2) is 4.98 Å². The van der Waals surface area contributed by atoms with Crippen molar-refractivity contribution in [3.63, 3.8) is 0 Å². The van der Waals surface area contributed by atoms with Crippen molar-refractivity contribution in [1.82, 2.24) is 4.98 Å². The summed E-state index contributed by atoms with van der Waals surface area (Å²) in [4.78, 5) is 3.95. The molecule has 1 aromatic heterocycles. The van der Waals surface area contributed by atoms with Crippen molar-refractivity contribution in [3.05, 3.63) is 65.2 Å². The van der Waals surface area contributed by atoms with Gasteiger partial charge in [0.15, 0.2) is 0 Å². The Morgan fingerprint density at radius 1 is 1.10 bits per heavy atom. The molecule has 0 aliphatic carbocycles. The molecule has 1 atom stereocenters. The van der Waals surface area contributed by atoms with E-state index in [1.807, 2.05) is 6.92 Å². The third-order valence-corrected chi connectivity index (χ3v) is 3.38. The molecule has 0 saturated heterocycles. The highest BCUT2D eigenvalue weighted by atomic mass is 19.1. The number of hydrogen-bond acceptors (Lipinski definition) is 2. The number of hydrogen-bond donors (Lipinski definition) is 1. The van der Waals surface area contributed by atoms with Crippen molar-refractivity contribution in [2.75, 3.05) is 0 Å². The molecular weight excluding hydrogens is 265 g/mol. The number of nitrogens with zero attached hydrogens (tertiary/aromatic N) is 1. The summed E-state index contributed by atoms with van der Waals surface area (Å²) >= 11 is 0. The summed E-state index contributed by atoms with van der Waals surface area (Å²) in [6.07, 6.45) is 1.61. The zero-order valence-corrected chi connectivity index (χ0v) is 11.0. The Kier molecular flexibility index (Phi) is 4.09. The molecule has 2 aromatic rings. The summed E-state index contributed by atoms with van der Waals surface area (Å²) in [5.74, 6) is -1.51. The molecule has 0 fully saturated rings. The molecule has 20 heavy (non-hydrogen) atoms. The van der Waals surface area contributed by atoms with Gasteiger partial charge in [0.05, 0.1) is 17.4 Å². The molecule has 2 N–H and O–H groups in total. The molecule has 0 aliphatic heterocycles. The topological polar surface area (TPSA) is 38.9 Å². The van der Waals surface area contributed by atoms with Crippen molar-refractivity contribution in [2.24, 2.45) is 5.73 Å². The SMILES string of the molecule is CCC(N)(Cc1cc(F)ccc1F)c1ccc(F)cn1. The first-order chi connectivity index (χ1) is 9.44. The van der Waals surface area contributed by atoms with Crippen LogP contribution in [0.2, 0.25) is 0 Å². The Hall–Kier alpha value is -1.88. The fourth-order valence-electron chi connectivity index (χ4n) is 2.09. The fourth-order valence-corrected chi connectivity index (χ4v) is 2.09. The minimum atomic E-state index is -0.970. The highest BCUT2D eigenvalue weighted by Crippen LogP contribution is 2.26. The first kappa shape index (κ1) is 14.5. The number of pyridine rings is 1. The van der Waals surface area contributed by atoms with Gasteiger partial charge in [-0.25, -0.2) is 13.2 Å². The van der Waals surface area contributed by atoms with Crippen LogP contribution >= 0.6 is 0 Å². The summed E-state index contributed by atoms with van der Waals surface area (Å²) in [5, 5.41) is 0. The molecule has 2 rings (SSSR count). The van der Waals surface area contributed by atoms with Gasteiger partial charge in [0, 0.05) is 0 Å². The van der Waals surface area contributed by atoms with Gasteiger partial charge in [-0.3, -0.25) is 4.98 Å². The lowest BCUT2D eigenvalue weighted by Gasteiger charge is -2.28. The monoisotopic (exact) mass is 280 g/mol. The van der Waals surface area contributed by atoms with E-state index in [1.165, 1.54) is 12.1 Å². The van der Waals surface area contributed by atoms with Crippen LogP contribution in [0.5, 0.6) is 0 Å². The van der Waals surface area contributed by atoms with Gasteiger partial charge in [-0.05, 0) is 48.7 Å². The van der Waals surface area contributed by atoms with Gasteiger partial charge in [-0.1, -0.05) is 6.92 Å². The Morgan fingerprint density at radius 3 is 2.40 bits per heavy atom. The molecule has 106 valence electrons. The normalized spacial score (nSPS) is 14.1. The van der Waals surface area contributed by atoms with E-state index < -0.39 is 23.0 Å². The van der Waals surface area contributed by atoms with Crippen LogP contribution in [0.4, 0.5) is 13.2 Å². The van der Waals surface area contributed by atoms with Crippen molar-refractivity contribution in [3.8, 4) is 0 Å². The maximum Gasteiger partial charge on any atom is 0.141 e. The number of aromatic nitrogens is 1. The summed E-state index contributed by atoms with van der Waals surface area (Å²) in [7, 11) is 0. The molecule has 0 spiro atoms. The molecule has 5 heteroatoms. The van der Waals surface area contributed by atoms with Crippen LogP contribution in [0, 0.1) is 17.5 Å². The molecule has 0 radical (unpaired) electrons. The largest absolute Gasteiger partial charge is 0.320 e. The Morgan fingerprint density at radius 2 is 1.80 bits per heavy atom. The van der Waals surface area contributed by atoms with Gasteiger partial charge in [-0.2, -0.15) is 0 Å². The van der Waals surface area contributed by atoms with E-state index in [0.717, 1.165) is 24.4 Å². The van der Waals surface area contributed by atoms with Gasteiger partial charge >= 0.3 is 0 Å².